The summed E-state index contributed by atoms with van der Waals surface area (Å²) in [6, 6.07) is 0. The molecule has 1 atom stereocenters. The maximum Gasteiger partial charge on any atom is 0.321 e. The number of carboxylic acids is 2. The van der Waals surface area contributed by atoms with Crippen LogP contribution in [0.4, 0.5) is 0 Å². The van der Waals surface area contributed by atoms with Crippen molar-refractivity contribution in [2.45, 2.75) is 46.5 Å². The topological polar surface area (TPSA) is 74.6 Å². The van der Waals surface area contributed by atoms with Crippen molar-refractivity contribution in [3.8, 4) is 0 Å². The second-order valence-electron chi connectivity index (χ2n) is 4.21. The third kappa shape index (κ3) is 4.19. The van der Waals surface area contributed by atoms with E-state index >= 15 is 0 Å². The molecule has 89 valence electrons. The van der Waals surface area contributed by atoms with E-state index in [-0.39, 0.29) is 24.8 Å². The SMILES string of the molecule is CCCCCC(C)C(C)(C(=O)O)C(=O)O.[Li]. The Hall–Kier alpha value is -0.463. The first kappa shape index (κ1) is 17.9. The molecule has 1 unspecified atom stereocenters. The number of hydrogen-bond acceptors (Lipinski definition) is 2. The van der Waals surface area contributed by atoms with Crippen LogP contribution in [0.25, 0.3) is 0 Å². The van der Waals surface area contributed by atoms with Crippen LogP contribution in [0.5, 0.6) is 0 Å². The monoisotopic (exact) mass is 223 g/mol. The van der Waals surface area contributed by atoms with Gasteiger partial charge in [-0.3, -0.25) is 9.59 Å². The smallest absolute Gasteiger partial charge is 0.321 e. The normalized spacial score (nSPS) is 12.7. The van der Waals surface area contributed by atoms with Gasteiger partial charge in [-0.05, 0) is 19.3 Å². The molecule has 0 saturated heterocycles. The minimum atomic E-state index is -1.66. The minimum absolute atomic E-state index is 0. The second kappa shape index (κ2) is 7.75. The first-order valence-electron chi connectivity index (χ1n) is 5.34. The number of aliphatic carboxylic acids is 2. The van der Waals surface area contributed by atoms with Crippen LogP contribution in [-0.4, -0.2) is 41.0 Å². The van der Waals surface area contributed by atoms with Gasteiger partial charge in [-0.15, -0.1) is 0 Å². The molecule has 0 aromatic heterocycles. The zero-order valence-corrected chi connectivity index (χ0v) is 10.6. The van der Waals surface area contributed by atoms with Crippen LogP contribution in [0.3, 0.4) is 0 Å². The molecule has 0 aliphatic heterocycles. The van der Waals surface area contributed by atoms with Gasteiger partial charge in [0, 0.05) is 18.9 Å². The fourth-order valence-corrected chi connectivity index (χ4v) is 1.50. The van der Waals surface area contributed by atoms with E-state index < -0.39 is 17.4 Å². The quantitative estimate of drug-likeness (QED) is 0.393. The number of unbranched alkanes of at least 4 members (excludes halogenated alkanes) is 2. The van der Waals surface area contributed by atoms with E-state index in [1.807, 2.05) is 0 Å². The molecule has 0 rings (SSSR count). The summed E-state index contributed by atoms with van der Waals surface area (Å²) in [7, 11) is 0. The number of carboxylic acid groups (broad SMARTS) is 2. The fourth-order valence-electron chi connectivity index (χ4n) is 1.50. The van der Waals surface area contributed by atoms with E-state index in [2.05, 4.69) is 6.92 Å². The predicted molar refractivity (Wildman–Crippen MR) is 62.4 cm³/mol. The summed E-state index contributed by atoms with van der Waals surface area (Å²) in [5, 5.41) is 17.9. The minimum Gasteiger partial charge on any atom is -0.480 e. The largest absolute Gasteiger partial charge is 0.480 e. The molecule has 5 heteroatoms. The second-order valence-corrected chi connectivity index (χ2v) is 4.21. The van der Waals surface area contributed by atoms with Crippen molar-refractivity contribution in [3.63, 3.8) is 0 Å². The Morgan fingerprint density at radius 2 is 1.62 bits per heavy atom. The van der Waals surface area contributed by atoms with Crippen molar-refractivity contribution < 1.29 is 19.8 Å². The Balaban J connectivity index is 0. The van der Waals surface area contributed by atoms with Crippen molar-refractivity contribution in [2.24, 2.45) is 11.3 Å². The number of rotatable bonds is 7. The van der Waals surface area contributed by atoms with Gasteiger partial charge in [-0.2, -0.15) is 0 Å². The molecule has 0 aromatic carbocycles. The standard InChI is InChI=1S/C11H20O4.Li/c1-4-5-6-7-8(2)11(3,9(12)13)10(14)15;/h8H,4-7H2,1-3H3,(H,12,13)(H,14,15);. The predicted octanol–water partition coefficient (Wildman–Crippen LogP) is 2.00. The first-order valence-corrected chi connectivity index (χ1v) is 5.34. The molecule has 0 spiro atoms. The molecule has 0 amide bonds. The van der Waals surface area contributed by atoms with E-state index in [9.17, 15) is 9.59 Å². The van der Waals surface area contributed by atoms with Gasteiger partial charge in [0.05, 0.1) is 0 Å². The number of carbonyl (C=O) groups is 2. The molecule has 0 bridgehead atoms. The van der Waals surface area contributed by atoms with E-state index in [1.54, 1.807) is 6.92 Å². The molecule has 0 fully saturated rings. The fraction of sp³-hybridized carbons (Fsp3) is 0.818. The molecule has 1 radical (unpaired) electrons. The van der Waals surface area contributed by atoms with Gasteiger partial charge in [-0.25, -0.2) is 0 Å². The van der Waals surface area contributed by atoms with Crippen molar-refractivity contribution in [1.29, 1.82) is 0 Å². The molecule has 0 saturated carbocycles. The molecular formula is C11H20LiO4. The Morgan fingerprint density at radius 3 is 1.94 bits per heavy atom. The molecule has 2 N–H and O–H groups in total. The molecule has 0 aliphatic carbocycles. The Morgan fingerprint density at radius 1 is 1.19 bits per heavy atom. The van der Waals surface area contributed by atoms with Crippen LogP contribution in [0, 0.1) is 11.3 Å². The van der Waals surface area contributed by atoms with Crippen LogP contribution in [0.1, 0.15) is 46.5 Å². The summed E-state index contributed by atoms with van der Waals surface area (Å²) in [5.74, 6) is -2.85. The van der Waals surface area contributed by atoms with Crippen molar-refractivity contribution >= 4 is 30.8 Å². The summed E-state index contributed by atoms with van der Waals surface area (Å²) in [6.07, 6.45) is 3.58. The molecule has 16 heavy (non-hydrogen) atoms. The van der Waals surface area contributed by atoms with Crippen LogP contribution >= 0.6 is 0 Å². The summed E-state index contributed by atoms with van der Waals surface area (Å²) in [5.41, 5.74) is -1.66. The first-order chi connectivity index (χ1) is 6.87. The summed E-state index contributed by atoms with van der Waals surface area (Å²) < 4.78 is 0. The van der Waals surface area contributed by atoms with Gasteiger partial charge < -0.3 is 10.2 Å². The zero-order chi connectivity index (χ0) is 12.1. The van der Waals surface area contributed by atoms with Gasteiger partial charge in [0.1, 0.15) is 0 Å². The Kier molecular flexibility index (Phi) is 8.68. The zero-order valence-electron chi connectivity index (χ0n) is 10.6. The van der Waals surface area contributed by atoms with E-state index in [0.29, 0.717) is 6.42 Å². The van der Waals surface area contributed by atoms with Crippen LogP contribution in [0.15, 0.2) is 0 Å². The third-order valence-electron chi connectivity index (χ3n) is 3.11. The summed E-state index contributed by atoms with van der Waals surface area (Å²) in [4.78, 5) is 21.9. The van der Waals surface area contributed by atoms with Gasteiger partial charge >= 0.3 is 11.9 Å². The van der Waals surface area contributed by atoms with Gasteiger partial charge in [0.15, 0.2) is 5.41 Å². The molecular weight excluding hydrogens is 203 g/mol. The average molecular weight is 223 g/mol. The van der Waals surface area contributed by atoms with Crippen LogP contribution in [0.2, 0.25) is 0 Å². The molecule has 4 nitrogen and oxygen atoms in total. The Bertz CT molecular complexity index is 226. The number of hydrogen-bond donors (Lipinski definition) is 2. The molecule has 0 heterocycles. The average Bonchev–Trinajstić information content (AvgIpc) is 2.15. The van der Waals surface area contributed by atoms with Gasteiger partial charge in [0.25, 0.3) is 0 Å². The van der Waals surface area contributed by atoms with Crippen molar-refractivity contribution in [1.82, 2.24) is 0 Å². The third-order valence-corrected chi connectivity index (χ3v) is 3.11. The summed E-state index contributed by atoms with van der Waals surface area (Å²) >= 11 is 0. The molecule has 0 aromatic rings. The summed E-state index contributed by atoms with van der Waals surface area (Å²) in [6.45, 7) is 5.03. The van der Waals surface area contributed by atoms with Crippen LogP contribution in [-0.2, 0) is 9.59 Å². The Labute approximate surface area is 109 Å². The van der Waals surface area contributed by atoms with E-state index in [1.165, 1.54) is 6.92 Å². The van der Waals surface area contributed by atoms with Crippen molar-refractivity contribution in [3.05, 3.63) is 0 Å². The van der Waals surface area contributed by atoms with Gasteiger partial charge in [0.2, 0.25) is 0 Å². The van der Waals surface area contributed by atoms with Crippen molar-refractivity contribution in [2.75, 3.05) is 0 Å². The maximum absolute atomic E-state index is 11.0. The van der Waals surface area contributed by atoms with E-state index in [4.69, 9.17) is 10.2 Å². The van der Waals surface area contributed by atoms with Gasteiger partial charge in [-0.1, -0.05) is 33.1 Å². The van der Waals surface area contributed by atoms with E-state index in [0.717, 1.165) is 19.3 Å². The van der Waals surface area contributed by atoms with Crippen LogP contribution < -0.4 is 0 Å². The molecule has 0 aliphatic rings. The maximum atomic E-state index is 11.0.